The van der Waals surface area contributed by atoms with E-state index in [4.69, 9.17) is 9.26 Å². The number of rotatable bonds is 5. The summed E-state index contributed by atoms with van der Waals surface area (Å²) in [6.07, 6.45) is 3.31. The highest BCUT2D eigenvalue weighted by Crippen LogP contribution is 2.22. The fourth-order valence-electron chi connectivity index (χ4n) is 2.50. The van der Waals surface area contributed by atoms with Gasteiger partial charge in [0.25, 0.3) is 5.91 Å². The number of hydrogen-bond acceptors (Lipinski definition) is 6. The lowest BCUT2D eigenvalue weighted by Gasteiger charge is -2.38. The summed E-state index contributed by atoms with van der Waals surface area (Å²) >= 11 is 0. The van der Waals surface area contributed by atoms with E-state index in [-0.39, 0.29) is 17.7 Å². The summed E-state index contributed by atoms with van der Waals surface area (Å²) in [5, 5.41) is 11.8. The minimum absolute atomic E-state index is 0.120. The van der Waals surface area contributed by atoms with Crippen LogP contribution < -0.4 is 4.74 Å². The maximum Gasteiger partial charge on any atom is 0.292 e. The molecule has 1 aliphatic rings. The maximum atomic E-state index is 12.1. The molecule has 3 aromatic rings. The van der Waals surface area contributed by atoms with Gasteiger partial charge in [-0.3, -0.25) is 4.79 Å². The largest absolute Gasteiger partial charge is 0.487 e. The van der Waals surface area contributed by atoms with Gasteiger partial charge in [0.05, 0.1) is 18.4 Å². The van der Waals surface area contributed by atoms with Gasteiger partial charge in [-0.25, -0.2) is 4.68 Å². The highest BCUT2D eigenvalue weighted by Gasteiger charge is 2.34. The number of likely N-dealkylation sites (tertiary alicyclic amines) is 1. The molecule has 0 atom stereocenters. The lowest BCUT2D eigenvalue weighted by molar-refractivity contribution is 0.0458. The molecule has 0 saturated carbocycles. The van der Waals surface area contributed by atoms with Crippen molar-refractivity contribution in [1.29, 1.82) is 0 Å². The van der Waals surface area contributed by atoms with E-state index >= 15 is 0 Å². The summed E-state index contributed by atoms with van der Waals surface area (Å²) in [6.45, 7) is 1.50. The molecule has 1 saturated heterocycles. The van der Waals surface area contributed by atoms with Gasteiger partial charge in [0, 0.05) is 19.2 Å². The number of carbonyl (C=O) groups excluding carboxylic acids is 1. The van der Waals surface area contributed by atoms with Gasteiger partial charge >= 0.3 is 0 Å². The molecule has 4 rings (SSSR count). The zero-order valence-electron chi connectivity index (χ0n) is 12.8. The number of aromatic nitrogens is 4. The number of ether oxygens (including phenoxy) is 1. The van der Waals surface area contributed by atoms with Crippen molar-refractivity contribution in [1.82, 2.24) is 25.1 Å². The van der Waals surface area contributed by atoms with Crippen LogP contribution in [0.4, 0.5) is 0 Å². The minimum atomic E-state index is -0.156. The van der Waals surface area contributed by atoms with Crippen molar-refractivity contribution in [3.05, 3.63) is 60.2 Å². The molecule has 1 aliphatic heterocycles. The van der Waals surface area contributed by atoms with Crippen LogP contribution in [0.3, 0.4) is 0 Å². The molecule has 0 unspecified atom stereocenters. The molecule has 0 N–H and O–H groups in total. The first kappa shape index (κ1) is 14.4. The second-order valence-electron chi connectivity index (χ2n) is 5.53. The Kier molecular flexibility index (Phi) is 3.70. The van der Waals surface area contributed by atoms with Gasteiger partial charge < -0.3 is 14.2 Å². The third-order valence-electron chi connectivity index (χ3n) is 3.86. The van der Waals surface area contributed by atoms with Gasteiger partial charge in [0.2, 0.25) is 5.76 Å². The molecule has 1 amide bonds. The first-order chi connectivity index (χ1) is 11.8. The van der Waals surface area contributed by atoms with E-state index in [0.717, 1.165) is 11.4 Å². The quantitative estimate of drug-likeness (QED) is 0.707. The molecule has 8 heteroatoms. The maximum absolute atomic E-state index is 12.1. The van der Waals surface area contributed by atoms with Crippen LogP contribution in [0.15, 0.2) is 53.3 Å². The third-order valence-corrected chi connectivity index (χ3v) is 3.86. The second kappa shape index (κ2) is 6.15. The molecule has 24 heavy (non-hydrogen) atoms. The van der Waals surface area contributed by atoms with Crippen LogP contribution in [0.2, 0.25) is 0 Å². The van der Waals surface area contributed by atoms with Crippen molar-refractivity contribution in [2.75, 3.05) is 13.1 Å². The zero-order chi connectivity index (χ0) is 16.4. The summed E-state index contributed by atoms with van der Waals surface area (Å²) < 4.78 is 12.3. The van der Waals surface area contributed by atoms with E-state index in [2.05, 4.69) is 15.5 Å². The Morgan fingerprint density at radius 3 is 2.83 bits per heavy atom. The number of para-hydroxylation sites is 1. The zero-order valence-corrected chi connectivity index (χ0v) is 12.8. The Hall–Kier alpha value is -3.16. The first-order valence-corrected chi connectivity index (χ1v) is 7.58. The van der Waals surface area contributed by atoms with Crippen LogP contribution in [-0.4, -0.2) is 44.0 Å². The van der Waals surface area contributed by atoms with Crippen molar-refractivity contribution in [2.45, 2.75) is 12.6 Å². The van der Waals surface area contributed by atoms with Gasteiger partial charge in [-0.15, -0.1) is 5.10 Å². The number of benzene rings is 1. The summed E-state index contributed by atoms with van der Waals surface area (Å²) in [6, 6.07) is 11.2. The molecule has 8 nitrogen and oxygen atoms in total. The fraction of sp³-hybridized carbons (Fsp3) is 0.250. The lowest BCUT2D eigenvalue weighted by atomic mass is 10.1. The Morgan fingerprint density at radius 2 is 2.08 bits per heavy atom. The van der Waals surface area contributed by atoms with Crippen LogP contribution >= 0.6 is 0 Å². The van der Waals surface area contributed by atoms with Crippen molar-refractivity contribution >= 4 is 5.91 Å². The Balaban J connectivity index is 1.31. The van der Waals surface area contributed by atoms with E-state index < -0.39 is 0 Å². The van der Waals surface area contributed by atoms with E-state index in [1.807, 2.05) is 36.5 Å². The monoisotopic (exact) mass is 325 g/mol. The van der Waals surface area contributed by atoms with Crippen molar-refractivity contribution in [2.24, 2.45) is 0 Å². The first-order valence-electron chi connectivity index (χ1n) is 7.58. The molecule has 122 valence electrons. The van der Waals surface area contributed by atoms with Gasteiger partial charge in [0.1, 0.15) is 18.1 Å². The molecular weight excluding hydrogens is 310 g/mol. The normalized spacial score (nSPS) is 14.4. The summed E-state index contributed by atoms with van der Waals surface area (Å²) in [4.78, 5) is 13.7. The van der Waals surface area contributed by atoms with Crippen LogP contribution in [0.1, 0.15) is 22.3 Å². The van der Waals surface area contributed by atoms with Gasteiger partial charge in [-0.05, 0) is 12.1 Å². The average Bonchev–Trinajstić information content (AvgIpc) is 3.24. The topological polar surface area (TPSA) is 86.3 Å². The number of carbonyl (C=O) groups is 1. The molecular formula is C16H15N5O3. The van der Waals surface area contributed by atoms with E-state index in [1.165, 1.54) is 6.20 Å². The van der Waals surface area contributed by atoms with E-state index in [0.29, 0.717) is 19.7 Å². The highest BCUT2D eigenvalue weighted by molar-refractivity contribution is 5.91. The number of nitrogens with zero attached hydrogens (tertiary/aromatic N) is 5. The molecule has 0 spiro atoms. The van der Waals surface area contributed by atoms with Gasteiger partial charge in [-0.1, -0.05) is 28.6 Å². The van der Waals surface area contributed by atoms with Crippen molar-refractivity contribution in [3.8, 4) is 5.75 Å². The average molecular weight is 325 g/mol. The molecule has 0 aliphatic carbocycles. The molecule has 0 bridgehead atoms. The van der Waals surface area contributed by atoms with Crippen molar-refractivity contribution < 1.29 is 14.1 Å². The predicted molar refractivity (Wildman–Crippen MR) is 82.2 cm³/mol. The highest BCUT2D eigenvalue weighted by atomic mass is 16.5. The smallest absolute Gasteiger partial charge is 0.292 e. The van der Waals surface area contributed by atoms with Gasteiger partial charge in [0.15, 0.2) is 0 Å². The SMILES string of the molecule is O=C(c1ccno1)N1CC(n2cc(COc3ccccc3)nn2)C1. The van der Waals surface area contributed by atoms with Crippen LogP contribution in [0.5, 0.6) is 5.75 Å². The Labute approximate surface area is 137 Å². The van der Waals surface area contributed by atoms with Crippen LogP contribution in [0, 0.1) is 0 Å². The second-order valence-corrected chi connectivity index (χ2v) is 5.53. The number of hydrogen-bond donors (Lipinski definition) is 0. The minimum Gasteiger partial charge on any atom is -0.487 e. The molecule has 0 radical (unpaired) electrons. The Morgan fingerprint density at radius 1 is 1.25 bits per heavy atom. The third kappa shape index (κ3) is 2.85. The van der Waals surface area contributed by atoms with Gasteiger partial charge in [-0.2, -0.15) is 0 Å². The van der Waals surface area contributed by atoms with Crippen LogP contribution in [-0.2, 0) is 6.61 Å². The lowest BCUT2D eigenvalue weighted by Crippen LogP contribution is -2.50. The summed E-state index contributed by atoms with van der Waals surface area (Å²) in [5.74, 6) is 0.889. The fourth-order valence-corrected chi connectivity index (χ4v) is 2.50. The molecule has 3 heterocycles. The van der Waals surface area contributed by atoms with E-state index in [1.54, 1.807) is 15.6 Å². The summed E-state index contributed by atoms with van der Waals surface area (Å²) in [7, 11) is 0. The predicted octanol–water partition coefficient (Wildman–Crippen LogP) is 1.54. The Bertz CT molecular complexity index is 809. The molecule has 1 aromatic carbocycles. The number of amides is 1. The standard InChI is InChI=1S/C16H15N5O3/c22-16(15-6-7-17-24-15)20-9-13(10-20)21-8-12(18-19-21)11-23-14-4-2-1-3-5-14/h1-8,13H,9-11H2. The van der Waals surface area contributed by atoms with Crippen molar-refractivity contribution in [3.63, 3.8) is 0 Å². The van der Waals surface area contributed by atoms with E-state index in [9.17, 15) is 4.79 Å². The molecule has 2 aromatic heterocycles. The van der Waals surface area contributed by atoms with Crippen LogP contribution in [0.25, 0.3) is 0 Å². The summed E-state index contributed by atoms with van der Waals surface area (Å²) in [5.41, 5.74) is 0.749. The molecule has 1 fully saturated rings.